The van der Waals surface area contributed by atoms with Crippen LogP contribution >= 0.6 is 11.3 Å². The van der Waals surface area contributed by atoms with Crippen LogP contribution in [0.1, 0.15) is 17.3 Å². The molecule has 2 N–H and O–H groups in total. The highest BCUT2D eigenvalue weighted by molar-refractivity contribution is 7.13. The van der Waals surface area contributed by atoms with E-state index in [0.717, 1.165) is 10.6 Å². The Labute approximate surface area is 161 Å². The van der Waals surface area contributed by atoms with Gasteiger partial charge in [0.05, 0.1) is 13.2 Å². The van der Waals surface area contributed by atoms with Crippen molar-refractivity contribution >= 4 is 28.8 Å². The molecule has 6 nitrogen and oxygen atoms in total. The normalized spacial score (nSPS) is 10.3. The van der Waals surface area contributed by atoms with Crippen molar-refractivity contribution in [2.24, 2.45) is 0 Å². The number of carbonyl (C=O) groups excluding carboxylic acids is 2. The fraction of sp³-hybridized carbons (Fsp3) is 0.150. The van der Waals surface area contributed by atoms with Crippen molar-refractivity contribution in [1.29, 1.82) is 0 Å². The van der Waals surface area contributed by atoms with Crippen LogP contribution in [-0.2, 0) is 4.79 Å². The van der Waals surface area contributed by atoms with Crippen molar-refractivity contribution in [3.8, 4) is 16.3 Å². The van der Waals surface area contributed by atoms with E-state index < -0.39 is 0 Å². The van der Waals surface area contributed by atoms with E-state index in [1.165, 1.54) is 0 Å². The highest BCUT2D eigenvalue weighted by atomic mass is 32.1. The molecule has 7 heteroatoms. The van der Waals surface area contributed by atoms with E-state index in [1.54, 1.807) is 41.8 Å². The maximum absolute atomic E-state index is 12.1. The number of benzene rings is 2. The van der Waals surface area contributed by atoms with E-state index in [9.17, 15) is 9.59 Å². The Kier molecular flexibility index (Phi) is 6.17. The lowest BCUT2D eigenvalue weighted by Gasteiger charge is -2.08. The van der Waals surface area contributed by atoms with Crippen LogP contribution in [0.2, 0.25) is 0 Å². The molecular weight excluding hydrogens is 362 g/mol. The summed E-state index contributed by atoms with van der Waals surface area (Å²) >= 11 is 1.55. The second kappa shape index (κ2) is 8.95. The monoisotopic (exact) mass is 381 g/mol. The van der Waals surface area contributed by atoms with Crippen molar-refractivity contribution in [2.75, 3.05) is 18.5 Å². The minimum atomic E-state index is -0.313. The molecule has 0 radical (unpaired) electrons. The lowest BCUT2D eigenvalue weighted by atomic mass is 10.2. The zero-order valence-electron chi connectivity index (χ0n) is 14.8. The van der Waals surface area contributed by atoms with Crippen LogP contribution in [0.4, 0.5) is 5.69 Å². The third kappa shape index (κ3) is 5.15. The van der Waals surface area contributed by atoms with E-state index in [0.29, 0.717) is 23.6 Å². The van der Waals surface area contributed by atoms with Gasteiger partial charge in [0.2, 0.25) is 5.91 Å². The number of hydrogen-bond donors (Lipinski definition) is 2. The van der Waals surface area contributed by atoms with Crippen LogP contribution in [0.3, 0.4) is 0 Å². The average Bonchev–Trinajstić information content (AvgIpc) is 3.22. The summed E-state index contributed by atoms with van der Waals surface area (Å²) in [6.07, 6.45) is 1.75. The van der Waals surface area contributed by atoms with Gasteiger partial charge in [0, 0.05) is 28.4 Å². The summed E-state index contributed by atoms with van der Waals surface area (Å²) in [6.45, 7) is 2.35. The third-order valence-electron chi connectivity index (χ3n) is 3.68. The summed E-state index contributed by atoms with van der Waals surface area (Å²) in [5.74, 6) is 0.0941. The minimum absolute atomic E-state index is 0.111. The highest BCUT2D eigenvalue weighted by Crippen LogP contribution is 2.23. The molecule has 0 saturated heterocycles. The molecule has 2 aromatic carbocycles. The van der Waals surface area contributed by atoms with Gasteiger partial charge in [-0.1, -0.05) is 0 Å². The maximum Gasteiger partial charge on any atom is 0.251 e. The number of aromatic nitrogens is 1. The highest BCUT2D eigenvalue weighted by Gasteiger charge is 2.09. The molecule has 2 amide bonds. The van der Waals surface area contributed by atoms with Crippen LogP contribution in [0.15, 0.2) is 60.1 Å². The molecule has 3 rings (SSSR count). The molecule has 0 aliphatic rings. The molecule has 0 fully saturated rings. The summed E-state index contributed by atoms with van der Waals surface area (Å²) in [6, 6.07) is 14.2. The van der Waals surface area contributed by atoms with Gasteiger partial charge in [0.1, 0.15) is 10.8 Å². The largest absolute Gasteiger partial charge is 0.494 e. The summed E-state index contributed by atoms with van der Waals surface area (Å²) < 4.78 is 5.34. The molecule has 0 unspecified atom stereocenters. The Morgan fingerprint density at radius 1 is 1.07 bits per heavy atom. The van der Waals surface area contributed by atoms with Crippen molar-refractivity contribution in [2.45, 2.75) is 6.92 Å². The van der Waals surface area contributed by atoms with Crippen molar-refractivity contribution in [1.82, 2.24) is 10.3 Å². The predicted octanol–water partition coefficient (Wildman–Crippen LogP) is 3.58. The first-order valence-electron chi connectivity index (χ1n) is 8.46. The molecule has 0 atom stereocenters. The van der Waals surface area contributed by atoms with Gasteiger partial charge >= 0.3 is 0 Å². The number of amides is 2. The van der Waals surface area contributed by atoms with Gasteiger partial charge in [0.25, 0.3) is 5.91 Å². The average molecular weight is 381 g/mol. The van der Waals surface area contributed by atoms with Crippen molar-refractivity contribution in [3.63, 3.8) is 0 Å². The van der Waals surface area contributed by atoms with Crippen molar-refractivity contribution < 1.29 is 14.3 Å². The maximum atomic E-state index is 12.1. The summed E-state index contributed by atoms with van der Waals surface area (Å²) in [7, 11) is 0. The molecule has 138 valence electrons. The minimum Gasteiger partial charge on any atom is -0.494 e. The Morgan fingerprint density at radius 2 is 1.81 bits per heavy atom. The van der Waals surface area contributed by atoms with Gasteiger partial charge in [0.15, 0.2) is 0 Å². The molecule has 3 aromatic rings. The number of nitrogens with zero attached hydrogens (tertiary/aromatic N) is 1. The molecule has 0 aliphatic carbocycles. The Bertz CT molecular complexity index is 891. The molecule has 0 aliphatic heterocycles. The molecule has 0 saturated carbocycles. The van der Waals surface area contributed by atoms with E-state index in [1.807, 2.05) is 36.6 Å². The molecule has 1 heterocycles. The van der Waals surface area contributed by atoms with Gasteiger partial charge in [-0.15, -0.1) is 11.3 Å². The van der Waals surface area contributed by atoms with Gasteiger partial charge in [-0.25, -0.2) is 4.98 Å². The smallest absolute Gasteiger partial charge is 0.251 e. The number of hydrogen-bond acceptors (Lipinski definition) is 5. The molecule has 0 spiro atoms. The number of carbonyl (C=O) groups is 2. The second-order valence-electron chi connectivity index (χ2n) is 5.60. The Morgan fingerprint density at radius 3 is 2.44 bits per heavy atom. The number of ether oxygens (including phenoxy) is 1. The molecule has 0 bridgehead atoms. The lowest BCUT2D eigenvalue weighted by molar-refractivity contribution is -0.115. The van der Waals surface area contributed by atoms with E-state index in [2.05, 4.69) is 15.6 Å². The summed E-state index contributed by atoms with van der Waals surface area (Å²) in [4.78, 5) is 28.4. The zero-order chi connectivity index (χ0) is 19.1. The number of thiazole rings is 1. The standard InChI is InChI=1S/C20H19N3O3S/c1-2-26-17-9-5-14(6-10-17)19(25)22-13-18(24)23-16-7-3-15(4-8-16)20-21-11-12-27-20/h3-12H,2,13H2,1H3,(H,22,25)(H,23,24). The number of anilines is 1. The fourth-order valence-electron chi connectivity index (χ4n) is 2.40. The van der Waals surface area contributed by atoms with E-state index >= 15 is 0 Å². The van der Waals surface area contributed by atoms with Gasteiger partial charge in [-0.05, 0) is 55.5 Å². The lowest BCUT2D eigenvalue weighted by Crippen LogP contribution is -2.32. The first-order chi connectivity index (χ1) is 13.2. The number of nitrogens with one attached hydrogen (secondary N) is 2. The topological polar surface area (TPSA) is 80.3 Å². The summed E-state index contributed by atoms with van der Waals surface area (Å²) in [5.41, 5.74) is 2.13. The van der Waals surface area contributed by atoms with Crippen LogP contribution in [0, 0.1) is 0 Å². The van der Waals surface area contributed by atoms with Gasteiger partial charge in [-0.3, -0.25) is 9.59 Å². The number of rotatable bonds is 7. The Hall–Kier alpha value is -3.19. The quantitative estimate of drug-likeness (QED) is 0.656. The van der Waals surface area contributed by atoms with E-state index in [4.69, 9.17) is 4.74 Å². The van der Waals surface area contributed by atoms with Crippen LogP contribution in [0.25, 0.3) is 10.6 Å². The SMILES string of the molecule is CCOc1ccc(C(=O)NCC(=O)Nc2ccc(-c3nccs3)cc2)cc1. The molecular formula is C20H19N3O3S. The zero-order valence-corrected chi connectivity index (χ0v) is 15.6. The van der Waals surface area contributed by atoms with Crippen LogP contribution in [0.5, 0.6) is 5.75 Å². The Balaban J connectivity index is 1.49. The first-order valence-corrected chi connectivity index (χ1v) is 9.34. The fourth-order valence-corrected chi connectivity index (χ4v) is 3.04. The van der Waals surface area contributed by atoms with Crippen LogP contribution in [-0.4, -0.2) is 29.9 Å². The first kappa shape index (κ1) is 18.6. The molecule has 27 heavy (non-hydrogen) atoms. The predicted molar refractivity (Wildman–Crippen MR) is 106 cm³/mol. The van der Waals surface area contributed by atoms with E-state index in [-0.39, 0.29) is 18.4 Å². The van der Waals surface area contributed by atoms with Gasteiger partial charge in [-0.2, -0.15) is 0 Å². The van der Waals surface area contributed by atoms with Gasteiger partial charge < -0.3 is 15.4 Å². The van der Waals surface area contributed by atoms with Crippen molar-refractivity contribution in [3.05, 3.63) is 65.7 Å². The third-order valence-corrected chi connectivity index (χ3v) is 4.51. The second-order valence-corrected chi connectivity index (χ2v) is 6.50. The molecule has 1 aromatic heterocycles. The summed E-state index contributed by atoms with van der Waals surface area (Å²) in [5, 5.41) is 8.20. The van der Waals surface area contributed by atoms with Crippen LogP contribution < -0.4 is 15.4 Å².